The van der Waals surface area contributed by atoms with Crippen LogP contribution < -0.4 is 0 Å². The molecule has 45 heavy (non-hydrogen) atoms. The molecule has 0 aromatic carbocycles. The topological polar surface area (TPSA) is 256 Å². The van der Waals surface area contributed by atoms with Crippen molar-refractivity contribution < 1.29 is 72.8 Å². The predicted octanol–water partition coefficient (Wildman–Crippen LogP) is 1.26. The van der Waals surface area contributed by atoms with Gasteiger partial charge in [-0.15, -0.1) is 0 Å². The zero-order valence-corrected chi connectivity index (χ0v) is 27.3. The second-order valence-corrected chi connectivity index (χ2v) is 11.0. The zero-order chi connectivity index (χ0) is 34.3. The molecule has 0 unspecified atom stereocenters. The number of carbonyl (C=O) groups excluding carboxylic acids is 6. The molecule has 254 valence electrons. The molecule has 21 heteroatoms. The van der Waals surface area contributed by atoms with Gasteiger partial charge < -0.3 is 44.0 Å². The molecule has 0 aromatic rings. The number of hydrogen-bond donors (Lipinski definition) is 3. The van der Waals surface area contributed by atoms with Gasteiger partial charge in [0.25, 0.3) is 0 Å². The second kappa shape index (κ2) is 23.6. The number of hydrogen-bond acceptors (Lipinski definition) is 21. The van der Waals surface area contributed by atoms with Crippen molar-refractivity contribution in [2.24, 2.45) is 20.9 Å². The number of ether oxygens (including phenoxy) is 6. The summed E-state index contributed by atoms with van der Waals surface area (Å²) in [6, 6.07) is 0. The Morgan fingerprint density at radius 2 is 0.778 bits per heavy atom. The van der Waals surface area contributed by atoms with Crippen molar-refractivity contribution in [1.82, 2.24) is 0 Å². The summed E-state index contributed by atoms with van der Waals surface area (Å²) in [6.45, 7) is 4.89. The van der Waals surface area contributed by atoms with Gasteiger partial charge in [0.2, 0.25) is 15.1 Å². The first kappa shape index (κ1) is 41.3. The first-order valence-electron chi connectivity index (χ1n) is 13.0. The fourth-order valence-corrected chi connectivity index (χ4v) is 4.32. The van der Waals surface area contributed by atoms with E-state index in [0.29, 0.717) is 35.3 Å². The first-order valence-corrected chi connectivity index (χ1v) is 15.9. The Morgan fingerprint density at radius 1 is 0.511 bits per heavy atom. The smallest absolute Gasteiger partial charge is 0.367 e. The lowest BCUT2D eigenvalue weighted by Gasteiger charge is -2.31. The van der Waals surface area contributed by atoms with Gasteiger partial charge in [0, 0.05) is 0 Å². The van der Waals surface area contributed by atoms with Gasteiger partial charge in [-0.2, -0.15) is 0 Å². The van der Waals surface area contributed by atoms with Crippen LogP contribution in [0.3, 0.4) is 0 Å². The van der Waals surface area contributed by atoms with Crippen LogP contribution in [0.4, 0.5) is 0 Å². The van der Waals surface area contributed by atoms with Gasteiger partial charge in [-0.25, -0.2) is 14.4 Å². The zero-order valence-electron chi connectivity index (χ0n) is 24.9. The largest absolute Gasteiger partial charge is 0.464 e. The van der Waals surface area contributed by atoms with Crippen LogP contribution in [-0.4, -0.2) is 123 Å². The van der Waals surface area contributed by atoms with E-state index in [9.17, 15) is 28.8 Å². The molecule has 0 saturated heterocycles. The number of oxime groups is 3. The summed E-state index contributed by atoms with van der Waals surface area (Å²) in [4.78, 5) is 72.5. The van der Waals surface area contributed by atoms with Crippen molar-refractivity contribution in [3.05, 3.63) is 0 Å². The molecule has 0 bridgehead atoms. The van der Waals surface area contributed by atoms with Gasteiger partial charge >= 0.3 is 35.8 Å². The minimum atomic E-state index is -1.31. The van der Waals surface area contributed by atoms with Crippen molar-refractivity contribution in [1.29, 1.82) is 0 Å². The molecule has 0 saturated carbocycles. The molecule has 0 rings (SSSR count). The van der Waals surface area contributed by atoms with Gasteiger partial charge in [0.1, 0.15) is 19.8 Å². The Morgan fingerprint density at radius 3 is 0.978 bits per heavy atom. The van der Waals surface area contributed by atoms with Crippen LogP contribution in [0.15, 0.2) is 15.5 Å². The molecular formula is C24H35N3O15S3. The SMILES string of the molecule is CCOC(=O)/C(=N/O)SCC(=O)OCC(CC)(COC(=O)CS/C(=N\O)C(=O)OCC)COC(=O)CS/C(=N\O)C(=O)OCC. The summed E-state index contributed by atoms with van der Waals surface area (Å²) in [5.41, 5.74) is -1.31. The Kier molecular flexibility index (Phi) is 21.7. The minimum absolute atomic E-state index is 0.00417. The van der Waals surface area contributed by atoms with Crippen LogP contribution >= 0.6 is 35.3 Å². The highest BCUT2D eigenvalue weighted by atomic mass is 32.2. The number of carbonyl (C=O) groups is 6. The molecule has 0 aromatic heterocycles. The lowest BCUT2D eigenvalue weighted by Crippen LogP contribution is -2.39. The molecule has 0 aliphatic rings. The van der Waals surface area contributed by atoms with Crippen LogP contribution in [-0.2, 0) is 57.2 Å². The molecule has 18 nitrogen and oxygen atoms in total. The molecule has 0 aliphatic heterocycles. The molecule has 0 spiro atoms. The predicted molar refractivity (Wildman–Crippen MR) is 161 cm³/mol. The van der Waals surface area contributed by atoms with E-state index in [1.165, 1.54) is 20.8 Å². The summed E-state index contributed by atoms with van der Waals surface area (Å²) in [5.74, 6) is -6.90. The van der Waals surface area contributed by atoms with E-state index in [4.69, 9.17) is 44.0 Å². The standard InChI is InChI=1S/C24H35N3O15S3/c1-5-24(12-40-15(28)9-43-18(25-34)21(31)37-6-2,13-41-16(29)10-44-19(26-35)22(32)38-7-3)14-42-17(30)11-45-20(27-36)23(33)39-8-4/h34-36H,5-14H2,1-4H3/b25-18-,26-19-,27-20-. The highest BCUT2D eigenvalue weighted by molar-refractivity contribution is 8.16. The summed E-state index contributed by atoms with van der Waals surface area (Å²) in [6.07, 6.45) is 0.124. The van der Waals surface area contributed by atoms with Gasteiger partial charge in [-0.05, 0) is 27.2 Å². The molecule has 0 aliphatic carbocycles. The third kappa shape index (κ3) is 16.8. The lowest BCUT2D eigenvalue weighted by molar-refractivity contribution is -0.159. The number of rotatable bonds is 16. The third-order valence-corrected chi connectivity index (χ3v) is 7.68. The van der Waals surface area contributed by atoms with Gasteiger partial charge in [0.15, 0.2) is 0 Å². The number of thioether (sulfide) groups is 3. The minimum Gasteiger partial charge on any atom is -0.464 e. The van der Waals surface area contributed by atoms with E-state index in [0.717, 1.165) is 0 Å². The van der Waals surface area contributed by atoms with Gasteiger partial charge in [0.05, 0.1) is 42.5 Å². The quantitative estimate of drug-likeness (QED) is 0.0511. The fraction of sp³-hybridized carbons (Fsp3) is 0.625. The van der Waals surface area contributed by atoms with E-state index >= 15 is 0 Å². The average Bonchev–Trinajstić information content (AvgIpc) is 3.02. The van der Waals surface area contributed by atoms with E-state index in [-0.39, 0.29) is 26.2 Å². The molecule has 0 amide bonds. The van der Waals surface area contributed by atoms with Crippen LogP contribution in [0.5, 0.6) is 0 Å². The normalized spacial score (nSPS) is 12.1. The summed E-state index contributed by atoms with van der Waals surface area (Å²) < 4.78 is 29.9. The maximum absolute atomic E-state index is 12.4. The summed E-state index contributed by atoms with van der Waals surface area (Å²) in [7, 11) is 0. The summed E-state index contributed by atoms with van der Waals surface area (Å²) >= 11 is 1.63. The summed E-state index contributed by atoms with van der Waals surface area (Å²) in [5, 5.41) is 33.9. The van der Waals surface area contributed by atoms with E-state index in [1.807, 2.05) is 0 Å². The maximum Gasteiger partial charge on any atom is 0.367 e. The van der Waals surface area contributed by atoms with Gasteiger partial charge in [-0.3, -0.25) is 14.4 Å². The molecular weight excluding hydrogens is 666 g/mol. The van der Waals surface area contributed by atoms with Crippen molar-refractivity contribution in [3.63, 3.8) is 0 Å². The monoisotopic (exact) mass is 701 g/mol. The lowest BCUT2D eigenvalue weighted by atomic mass is 9.88. The number of nitrogens with zero attached hydrogens (tertiary/aromatic N) is 3. The van der Waals surface area contributed by atoms with E-state index < -0.39 is 93.4 Å². The Balaban J connectivity index is 5.51. The Bertz CT molecular complexity index is 983. The highest BCUT2D eigenvalue weighted by Gasteiger charge is 2.35. The van der Waals surface area contributed by atoms with Crippen LogP contribution in [0.25, 0.3) is 0 Å². The van der Waals surface area contributed by atoms with Crippen molar-refractivity contribution in [2.75, 3.05) is 56.9 Å². The second-order valence-electron chi connectivity index (χ2n) is 8.08. The fourth-order valence-electron chi connectivity index (χ4n) is 2.60. The van der Waals surface area contributed by atoms with Gasteiger partial charge in [-0.1, -0.05) is 57.7 Å². The Hall–Kier alpha value is -3.72. The molecule has 0 heterocycles. The molecule has 0 fully saturated rings. The van der Waals surface area contributed by atoms with E-state index in [1.54, 1.807) is 6.92 Å². The maximum atomic E-state index is 12.4. The molecule has 3 N–H and O–H groups in total. The third-order valence-electron chi connectivity index (χ3n) is 4.97. The van der Waals surface area contributed by atoms with E-state index in [2.05, 4.69) is 15.5 Å². The van der Waals surface area contributed by atoms with Crippen molar-refractivity contribution >= 4 is 86.2 Å². The van der Waals surface area contributed by atoms with Crippen molar-refractivity contribution in [2.45, 2.75) is 34.1 Å². The molecule has 0 atom stereocenters. The highest BCUT2D eigenvalue weighted by Crippen LogP contribution is 2.25. The number of esters is 6. The molecule has 0 radical (unpaired) electrons. The van der Waals surface area contributed by atoms with Crippen molar-refractivity contribution in [3.8, 4) is 0 Å². The van der Waals surface area contributed by atoms with Crippen LogP contribution in [0.1, 0.15) is 34.1 Å². The first-order chi connectivity index (χ1) is 21.5. The van der Waals surface area contributed by atoms with Crippen LogP contribution in [0.2, 0.25) is 0 Å². The Labute approximate surface area is 270 Å². The van der Waals surface area contributed by atoms with Crippen LogP contribution in [0, 0.1) is 5.41 Å². The average molecular weight is 702 g/mol.